The zero-order chi connectivity index (χ0) is 22.1. The molecule has 3 rings (SSSR count). The average molecular weight is 418 g/mol. The van der Waals surface area contributed by atoms with Crippen LogP contribution in [0.2, 0.25) is 0 Å². The van der Waals surface area contributed by atoms with E-state index >= 15 is 0 Å². The lowest BCUT2D eigenvalue weighted by Crippen LogP contribution is -2.23. The van der Waals surface area contributed by atoms with Crippen molar-refractivity contribution in [2.45, 2.75) is 6.92 Å². The van der Waals surface area contributed by atoms with Gasteiger partial charge in [0.25, 0.3) is 5.91 Å². The Morgan fingerprint density at radius 1 is 0.774 bits per heavy atom. The number of carbonyl (C=O) groups excluding carboxylic acids is 3. The second kappa shape index (κ2) is 10.6. The van der Waals surface area contributed by atoms with Crippen molar-refractivity contribution < 1.29 is 23.9 Å². The molecule has 0 saturated carbocycles. The third-order valence-electron chi connectivity index (χ3n) is 4.15. The molecule has 0 aliphatic carbocycles. The Hall–Kier alpha value is -4.13. The molecule has 0 atom stereocenters. The van der Waals surface area contributed by atoms with Crippen LogP contribution in [-0.4, -0.2) is 31.0 Å². The lowest BCUT2D eigenvalue weighted by Gasteiger charge is -2.12. The number of hydrogen-bond donors (Lipinski definition) is 2. The molecule has 0 aliphatic heterocycles. The molecule has 2 N–H and O–H groups in total. The van der Waals surface area contributed by atoms with Gasteiger partial charge in [-0.25, -0.2) is 4.79 Å². The highest BCUT2D eigenvalue weighted by molar-refractivity contribution is 5.94. The van der Waals surface area contributed by atoms with Gasteiger partial charge in [0.05, 0.1) is 0 Å². The van der Waals surface area contributed by atoms with Gasteiger partial charge in [-0.3, -0.25) is 9.59 Å². The van der Waals surface area contributed by atoms with Gasteiger partial charge in [0.1, 0.15) is 5.75 Å². The first kappa shape index (κ1) is 21.6. The first-order valence-corrected chi connectivity index (χ1v) is 9.61. The van der Waals surface area contributed by atoms with Crippen molar-refractivity contribution in [1.82, 2.24) is 0 Å². The molecule has 0 bridgehead atoms. The van der Waals surface area contributed by atoms with Gasteiger partial charge in [-0.2, -0.15) is 0 Å². The summed E-state index contributed by atoms with van der Waals surface area (Å²) in [5.41, 5.74) is 2.84. The number of carbonyl (C=O) groups is 3. The van der Waals surface area contributed by atoms with Crippen molar-refractivity contribution in [3.63, 3.8) is 0 Å². The van der Waals surface area contributed by atoms with E-state index in [0.717, 1.165) is 11.1 Å². The molecule has 0 heterocycles. The van der Waals surface area contributed by atoms with Gasteiger partial charge in [-0.05, 0) is 29.8 Å². The van der Waals surface area contributed by atoms with E-state index in [1.165, 1.54) is 6.92 Å². The van der Waals surface area contributed by atoms with E-state index in [9.17, 15) is 14.4 Å². The number of para-hydroxylation sites is 1. The molecule has 3 aromatic rings. The van der Waals surface area contributed by atoms with Crippen LogP contribution >= 0.6 is 0 Å². The van der Waals surface area contributed by atoms with Crippen molar-refractivity contribution in [2.75, 3.05) is 23.8 Å². The lowest BCUT2D eigenvalue weighted by molar-refractivity contribution is -0.149. The van der Waals surface area contributed by atoms with E-state index in [4.69, 9.17) is 9.47 Å². The maximum absolute atomic E-state index is 12.0. The molecule has 0 radical (unpaired) electrons. The minimum absolute atomic E-state index is 0.216. The number of benzene rings is 3. The highest BCUT2D eigenvalue weighted by Crippen LogP contribution is 2.29. The average Bonchev–Trinajstić information content (AvgIpc) is 2.77. The van der Waals surface area contributed by atoms with Crippen molar-refractivity contribution in [2.24, 2.45) is 0 Å². The topological polar surface area (TPSA) is 93.7 Å². The monoisotopic (exact) mass is 418 g/mol. The summed E-state index contributed by atoms with van der Waals surface area (Å²) in [5.74, 6) is -0.834. The van der Waals surface area contributed by atoms with Gasteiger partial charge in [-0.15, -0.1) is 0 Å². The number of rotatable bonds is 8. The maximum Gasteiger partial charge on any atom is 0.344 e. The Kier molecular flexibility index (Phi) is 7.37. The molecule has 7 nitrogen and oxygen atoms in total. The second-order valence-corrected chi connectivity index (χ2v) is 6.62. The van der Waals surface area contributed by atoms with Crippen molar-refractivity contribution in [1.29, 1.82) is 0 Å². The quantitative estimate of drug-likeness (QED) is 0.542. The van der Waals surface area contributed by atoms with Crippen LogP contribution in [-0.2, 0) is 19.1 Å². The minimum Gasteiger partial charge on any atom is -0.481 e. The Balaban J connectivity index is 1.49. The molecule has 31 heavy (non-hydrogen) atoms. The number of amides is 2. The number of nitrogens with one attached hydrogen (secondary N) is 2. The Bertz CT molecular complexity index is 1070. The van der Waals surface area contributed by atoms with E-state index in [2.05, 4.69) is 10.6 Å². The summed E-state index contributed by atoms with van der Waals surface area (Å²) in [6, 6.07) is 23.7. The van der Waals surface area contributed by atoms with E-state index < -0.39 is 18.5 Å². The molecule has 7 heteroatoms. The Morgan fingerprint density at radius 3 is 2.19 bits per heavy atom. The second-order valence-electron chi connectivity index (χ2n) is 6.62. The molecular weight excluding hydrogens is 396 g/mol. The summed E-state index contributed by atoms with van der Waals surface area (Å²) in [6.07, 6.45) is 0. The summed E-state index contributed by atoms with van der Waals surface area (Å²) in [5, 5.41) is 5.23. The highest BCUT2D eigenvalue weighted by atomic mass is 16.6. The SMILES string of the molecule is CC(=O)Nc1cccc(NC(=O)COC(=O)COc2ccccc2-c2ccccc2)c1. The summed E-state index contributed by atoms with van der Waals surface area (Å²) in [6.45, 7) is 0.618. The van der Waals surface area contributed by atoms with Crippen molar-refractivity contribution in [3.8, 4) is 16.9 Å². The summed E-state index contributed by atoms with van der Waals surface area (Å²) in [4.78, 5) is 35.2. The van der Waals surface area contributed by atoms with E-state index in [1.807, 2.05) is 48.5 Å². The van der Waals surface area contributed by atoms with Gasteiger partial charge < -0.3 is 20.1 Å². The standard InChI is InChI=1S/C24H22N2O5/c1-17(27)25-19-10-7-11-20(14-19)26-23(28)15-31-24(29)16-30-22-13-6-5-12-21(22)18-8-3-2-4-9-18/h2-14H,15-16H2,1H3,(H,25,27)(H,26,28). The molecular formula is C24H22N2O5. The molecule has 0 aliphatic rings. The predicted octanol–water partition coefficient (Wildman–Crippen LogP) is 3.87. The fourth-order valence-electron chi connectivity index (χ4n) is 2.85. The lowest BCUT2D eigenvalue weighted by atomic mass is 10.1. The van der Waals surface area contributed by atoms with E-state index in [1.54, 1.807) is 30.3 Å². The molecule has 0 aromatic heterocycles. The van der Waals surface area contributed by atoms with Crippen LogP contribution in [0.1, 0.15) is 6.92 Å². The maximum atomic E-state index is 12.0. The van der Waals surface area contributed by atoms with Crippen LogP contribution in [0, 0.1) is 0 Å². The molecule has 0 fully saturated rings. The van der Waals surface area contributed by atoms with Gasteiger partial charge in [-0.1, -0.05) is 54.6 Å². The first-order valence-electron chi connectivity index (χ1n) is 9.61. The molecule has 2 amide bonds. The number of hydrogen-bond acceptors (Lipinski definition) is 5. The fraction of sp³-hybridized carbons (Fsp3) is 0.125. The van der Waals surface area contributed by atoms with E-state index in [0.29, 0.717) is 17.1 Å². The van der Waals surface area contributed by atoms with Crippen LogP contribution < -0.4 is 15.4 Å². The number of esters is 1. The third kappa shape index (κ3) is 6.71. The minimum atomic E-state index is -0.662. The highest BCUT2D eigenvalue weighted by Gasteiger charge is 2.11. The Morgan fingerprint density at radius 2 is 1.45 bits per heavy atom. The van der Waals surface area contributed by atoms with Crippen molar-refractivity contribution in [3.05, 3.63) is 78.9 Å². The smallest absolute Gasteiger partial charge is 0.344 e. The van der Waals surface area contributed by atoms with Crippen LogP contribution in [0.25, 0.3) is 11.1 Å². The van der Waals surface area contributed by atoms with Gasteiger partial charge in [0.2, 0.25) is 5.91 Å². The molecule has 0 saturated heterocycles. The first-order chi connectivity index (χ1) is 15.0. The Labute approximate surface area is 180 Å². The summed E-state index contributed by atoms with van der Waals surface area (Å²) in [7, 11) is 0. The molecule has 3 aromatic carbocycles. The van der Waals surface area contributed by atoms with Crippen LogP contribution in [0.3, 0.4) is 0 Å². The number of ether oxygens (including phenoxy) is 2. The molecule has 158 valence electrons. The van der Waals surface area contributed by atoms with Crippen LogP contribution in [0.5, 0.6) is 5.75 Å². The largest absolute Gasteiger partial charge is 0.481 e. The molecule has 0 spiro atoms. The summed E-state index contributed by atoms with van der Waals surface area (Å²) >= 11 is 0. The van der Waals surface area contributed by atoms with Gasteiger partial charge in [0.15, 0.2) is 13.2 Å². The summed E-state index contributed by atoms with van der Waals surface area (Å²) < 4.78 is 10.6. The van der Waals surface area contributed by atoms with E-state index in [-0.39, 0.29) is 12.5 Å². The predicted molar refractivity (Wildman–Crippen MR) is 118 cm³/mol. The van der Waals surface area contributed by atoms with Crippen LogP contribution in [0.15, 0.2) is 78.9 Å². The fourth-order valence-corrected chi connectivity index (χ4v) is 2.85. The third-order valence-corrected chi connectivity index (χ3v) is 4.15. The van der Waals surface area contributed by atoms with Gasteiger partial charge in [0, 0.05) is 23.9 Å². The normalized spacial score (nSPS) is 10.1. The number of anilines is 2. The van der Waals surface area contributed by atoms with Crippen molar-refractivity contribution >= 4 is 29.2 Å². The zero-order valence-electron chi connectivity index (χ0n) is 17.0. The van der Waals surface area contributed by atoms with Gasteiger partial charge >= 0.3 is 5.97 Å². The zero-order valence-corrected chi connectivity index (χ0v) is 17.0. The van der Waals surface area contributed by atoms with Crippen LogP contribution in [0.4, 0.5) is 11.4 Å². The molecule has 0 unspecified atom stereocenters.